The first kappa shape index (κ1) is 33.3. The molecule has 0 spiro atoms. The van der Waals surface area contributed by atoms with E-state index >= 15 is 0 Å². The fourth-order valence-corrected chi connectivity index (χ4v) is 7.67. The molecule has 42 heavy (non-hydrogen) atoms. The molecule has 0 radical (unpaired) electrons. The molecule has 3 aliphatic heterocycles. The van der Waals surface area contributed by atoms with Crippen LogP contribution < -0.4 is 16.0 Å². The first-order valence-electron chi connectivity index (χ1n) is 16.6. The molecule has 4 rings (SSSR count). The first-order chi connectivity index (χ1) is 20.0. The molecular weight excluding hydrogens is 530 g/mol. The second-order valence-electron chi connectivity index (χ2n) is 14.3. The number of aliphatic hydroxyl groups is 3. The smallest absolute Gasteiger partial charge is 0.306 e. The van der Waals surface area contributed by atoms with Gasteiger partial charge in [0.15, 0.2) is 0 Å². The minimum atomic E-state index is -1.34. The first-order valence-corrected chi connectivity index (χ1v) is 16.6. The van der Waals surface area contributed by atoms with Gasteiger partial charge in [-0.05, 0) is 114 Å². The van der Waals surface area contributed by atoms with Gasteiger partial charge in [0.1, 0.15) is 0 Å². The van der Waals surface area contributed by atoms with E-state index in [1.807, 2.05) is 0 Å². The highest BCUT2D eigenvalue weighted by molar-refractivity contribution is 5.68. The number of hydrogen-bond donors (Lipinski definition) is 7. The van der Waals surface area contributed by atoms with Gasteiger partial charge in [-0.3, -0.25) is 4.79 Å². The molecule has 0 aliphatic carbocycles. The number of aliphatic carboxylic acids is 1. The topological polar surface area (TPSA) is 134 Å². The van der Waals surface area contributed by atoms with E-state index in [1.54, 1.807) is 0 Å². The van der Waals surface area contributed by atoms with Gasteiger partial charge in [-0.1, -0.05) is 37.1 Å². The van der Waals surface area contributed by atoms with Crippen molar-refractivity contribution in [2.75, 3.05) is 19.7 Å². The maximum atomic E-state index is 11.7. The van der Waals surface area contributed by atoms with Crippen molar-refractivity contribution < 1.29 is 25.2 Å². The van der Waals surface area contributed by atoms with E-state index in [4.69, 9.17) is 0 Å². The number of benzene rings is 1. The Morgan fingerprint density at radius 1 is 1.02 bits per heavy atom. The van der Waals surface area contributed by atoms with Crippen LogP contribution in [0.4, 0.5) is 0 Å². The van der Waals surface area contributed by atoms with Crippen LogP contribution >= 0.6 is 0 Å². The number of rotatable bonds is 6. The molecule has 0 unspecified atom stereocenters. The molecule has 238 valence electrons. The number of β-amino-alcohol motifs (C(OH)–C–C–N with tert-alkyl or cyclic N) is 1. The van der Waals surface area contributed by atoms with Crippen molar-refractivity contribution in [2.24, 2.45) is 11.8 Å². The van der Waals surface area contributed by atoms with Gasteiger partial charge in [-0.15, -0.1) is 0 Å². The molecule has 2 fully saturated rings. The van der Waals surface area contributed by atoms with Crippen LogP contribution in [-0.4, -0.2) is 81.5 Å². The van der Waals surface area contributed by atoms with Crippen molar-refractivity contribution in [3.05, 3.63) is 35.4 Å². The average molecular weight is 588 g/mol. The zero-order valence-corrected chi connectivity index (χ0v) is 26.0. The largest absolute Gasteiger partial charge is 0.481 e. The predicted molar refractivity (Wildman–Crippen MR) is 166 cm³/mol. The quantitative estimate of drug-likeness (QED) is 0.269. The summed E-state index contributed by atoms with van der Waals surface area (Å²) >= 11 is 0. The Kier molecular flexibility index (Phi) is 12.3. The summed E-state index contributed by atoms with van der Waals surface area (Å²) in [5, 5.41) is 52.3. The summed E-state index contributed by atoms with van der Waals surface area (Å²) in [6.45, 7) is 5.44. The van der Waals surface area contributed by atoms with Crippen LogP contribution in [-0.2, 0) is 17.6 Å². The number of carbonyl (C=O) groups is 1. The molecule has 8 atom stereocenters. The van der Waals surface area contributed by atoms with Gasteiger partial charge in [0.05, 0.1) is 18.1 Å². The molecule has 0 amide bonds. The Morgan fingerprint density at radius 3 is 2.52 bits per heavy atom. The van der Waals surface area contributed by atoms with E-state index in [-0.39, 0.29) is 43.2 Å². The van der Waals surface area contributed by atoms with Crippen LogP contribution in [0.15, 0.2) is 24.3 Å². The Balaban J connectivity index is 1.50. The second-order valence-corrected chi connectivity index (χ2v) is 14.3. The van der Waals surface area contributed by atoms with Crippen molar-refractivity contribution in [3.63, 3.8) is 0 Å². The Bertz CT molecular complexity index is 994. The molecule has 0 saturated carbocycles. The highest BCUT2D eigenvalue weighted by Gasteiger charge is 2.37. The number of piperidine rings is 2. The lowest BCUT2D eigenvalue weighted by molar-refractivity contribution is -0.143. The third-order valence-electron chi connectivity index (χ3n) is 10.4. The number of carboxylic acids is 1. The lowest BCUT2D eigenvalue weighted by atomic mass is 9.81. The highest BCUT2D eigenvalue weighted by atomic mass is 16.4. The van der Waals surface area contributed by atoms with E-state index in [2.05, 4.69) is 54.1 Å². The summed E-state index contributed by atoms with van der Waals surface area (Å²) < 4.78 is 0. The van der Waals surface area contributed by atoms with E-state index < -0.39 is 11.6 Å². The molecule has 1 aromatic carbocycles. The lowest BCUT2D eigenvalue weighted by Gasteiger charge is -2.42. The number of nitrogens with one attached hydrogen (secondary N) is 3. The van der Waals surface area contributed by atoms with E-state index in [1.165, 1.54) is 11.1 Å². The maximum absolute atomic E-state index is 11.7. The average Bonchev–Trinajstić information content (AvgIpc) is 2.94. The molecule has 3 heterocycles. The third-order valence-corrected chi connectivity index (χ3v) is 10.4. The lowest BCUT2D eigenvalue weighted by Crippen LogP contribution is -2.58. The normalized spacial score (nSPS) is 37.4. The van der Waals surface area contributed by atoms with Crippen LogP contribution in [0, 0.1) is 11.8 Å². The van der Waals surface area contributed by atoms with Gasteiger partial charge in [0.2, 0.25) is 0 Å². The van der Waals surface area contributed by atoms with E-state index in [0.717, 1.165) is 77.2 Å². The monoisotopic (exact) mass is 587 g/mol. The van der Waals surface area contributed by atoms with Crippen molar-refractivity contribution in [1.29, 1.82) is 0 Å². The van der Waals surface area contributed by atoms with Crippen molar-refractivity contribution in [3.8, 4) is 0 Å². The summed E-state index contributed by atoms with van der Waals surface area (Å²) in [5.41, 5.74) is 1.21. The summed E-state index contributed by atoms with van der Waals surface area (Å²) in [6.07, 6.45) is 11.3. The number of hydrogen-bond acceptors (Lipinski definition) is 7. The predicted octanol–water partition coefficient (Wildman–Crippen LogP) is 3.55. The summed E-state index contributed by atoms with van der Waals surface area (Å²) in [5.74, 6) is -0.407. The Morgan fingerprint density at radius 2 is 1.79 bits per heavy atom. The van der Waals surface area contributed by atoms with Crippen molar-refractivity contribution >= 4 is 5.97 Å². The minimum absolute atomic E-state index is 0.0503. The van der Waals surface area contributed by atoms with Crippen LogP contribution in [0.1, 0.15) is 102 Å². The van der Waals surface area contributed by atoms with E-state index in [0.29, 0.717) is 30.8 Å². The number of carboxylic acid groups (broad SMARTS) is 1. The Labute approximate surface area is 253 Å². The molecule has 1 aromatic rings. The molecule has 2 saturated heterocycles. The summed E-state index contributed by atoms with van der Waals surface area (Å²) in [6, 6.07) is 9.97. The molecule has 8 nitrogen and oxygen atoms in total. The summed E-state index contributed by atoms with van der Waals surface area (Å²) in [4.78, 5) is 11.7. The van der Waals surface area contributed by atoms with Gasteiger partial charge in [0, 0.05) is 36.8 Å². The van der Waals surface area contributed by atoms with Crippen LogP contribution in [0.25, 0.3) is 0 Å². The molecule has 0 aromatic heterocycles. The zero-order valence-electron chi connectivity index (χ0n) is 26.0. The van der Waals surface area contributed by atoms with Gasteiger partial charge >= 0.3 is 5.97 Å². The fourth-order valence-electron chi connectivity index (χ4n) is 7.67. The third kappa shape index (κ3) is 10.3. The molecule has 4 bridgehead atoms. The number of fused-ring (bicyclic) bond motifs is 4. The fraction of sp³-hybridized carbons (Fsp3) is 0.794. The van der Waals surface area contributed by atoms with Crippen molar-refractivity contribution in [2.45, 2.75) is 139 Å². The van der Waals surface area contributed by atoms with Crippen LogP contribution in [0.5, 0.6) is 0 Å². The van der Waals surface area contributed by atoms with Gasteiger partial charge in [-0.2, -0.15) is 0 Å². The van der Waals surface area contributed by atoms with Crippen LogP contribution in [0.3, 0.4) is 0 Å². The zero-order chi connectivity index (χ0) is 30.2. The Hall–Kier alpha value is -1.55. The summed E-state index contributed by atoms with van der Waals surface area (Å²) in [7, 11) is 0. The minimum Gasteiger partial charge on any atom is -0.481 e. The van der Waals surface area contributed by atoms with Crippen LogP contribution in [0.2, 0.25) is 0 Å². The highest BCUT2D eigenvalue weighted by Crippen LogP contribution is 2.30. The molecular formula is C34H57N3O5. The SMILES string of the molecule is C[C@@H]1N[C@H](CC[C@H]2CCC[C@@H](CO)CC[C@@](O)(CC(=O)O)CN[C@]3(C)CCN[C@@H](Cc4cccc(c4)C2)C3)CC[C@H]1O. The second kappa shape index (κ2) is 15.4. The number of aliphatic hydroxyl groups excluding tert-OH is 2. The molecule has 3 aliphatic rings. The van der Waals surface area contributed by atoms with Gasteiger partial charge in [-0.25, -0.2) is 0 Å². The van der Waals surface area contributed by atoms with Gasteiger partial charge in [0.25, 0.3) is 0 Å². The standard InChI is InChI=1S/C34H57N3O5/c1-24-31(39)12-11-29(37-24)10-9-25-5-3-6-26(22-38)13-14-34(42,21-32(40)41)23-36-33(2)15-16-35-30(20-33)19-28-8-4-7-27(17-25)18-28/h4,7-8,18,24-26,29-31,35-39,42H,3,5-6,9-17,19-23H2,1-2H3,(H,40,41)/t24-,25+,26+,29+,30-,31+,33+,34+/m0/s1. The maximum Gasteiger partial charge on any atom is 0.306 e. The van der Waals surface area contributed by atoms with Crippen molar-refractivity contribution in [1.82, 2.24) is 16.0 Å². The molecule has 8 heteroatoms. The van der Waals surface area contributed by atoms with E-state index in [9.17, 15) is 25.2 Å². The van der Waals surface area contributed by atoms with Gasteiger partial charge < -0.3 is 36.4 Å². The molecule has 7 N–H and O–H groups in total.